The zero-order chi connectivity index (χ0) is 17.7. The molecule has 1 N–H and O–H groups in total. The molecule has 0 aliphatic heterocycles. The molecular formula is C13H8N6O4S. The minimum atomic E-state index is -4.76. The van der Waals surface area contributed by atoms with Gasteiger partial charge in [0.2, 0.25) is 0 Å². The molecule has 0 unspecified atom stereocenters. The number of hydrogen-bond donors (Lipinski definition) is 1. The lowest BCUT2D eigenvalue weighted by atomic mass is 9.93. The Kier molecular flexibility index (Phi) is 4.83. The summed E-state index contributed by atoms with van der Waals surface area (Å²) in [5.74, 6) is -0.575. The van der Waals surface area contributed by atoms with Crippen LogP contribution in [0.25, 0.3) is 10.6 Å². The number of allylic oxidation sites excluding steroid dienone is 4. The molecule has 1 aliphatic carbocycles. The van der Waals surface area contributed by atoms with Crippen LogP contribution in [0.15, 0.2) is 68.4 Å². The Morgan fingerprint density at radius 3 is 2.38 bits per heavy atom. The molecule has 11 heteroatoms. The fraction of sp³-hybridized carbons (Fsp3) is 0. The SMILES string of the molecule is N#[N+]N=C1C(C(=O)c2ccccc2)=CC=C(S(=O)(=O)O)C1=NN=[N-]. The summed E-state index contributed by atoms with van der Waals surface area (Å²) in [4.78, 5) is 11.8. The van der Waals surface area contributed by atoms with Crippen molar-refractivity contribution in [3.05, 3.63) is 69.1 Å². The standard InChI is InChI=1S/C13H8N6O4S/c14-18-16-11-9(13(20)8-4-2-1-3-5-8)6-7-10(24(21,22)23)12(11)17-19-15/h1-7H,(H,21,22,23). The van der Waals surface area contributed by atoms with E-state index in [9.17, 15) is 17.8 Å². The molecular weight excluding hydrogens is 336 g/mol. The molecule has 0 atom stereocenters. The van der Waals surface area contributed by atoms with Gasteiger partial charge in [0.25, 0.3) is 15.5 Å². The van der Waals surface area contributed by atoms with E-state index in [1.54, 1.807) is 18.2 Å². The molecule has 0 amide bonds. The Morgan fingerprint density at radius 1 is 1.17 bits per heavy atom. The number of nitrogens with zero attached hydrogens (tertiary/aromatic N) is 6. The largest absolute Gasteiger partial charge is 0.362 e. The zero-order valence-electron chi connectivity index (χ0n) is 11.8. The molecule has 0 bridgehead atoms. The van der Waals surface area contributed by atoms with E-state index in [1.807, 2.05) is 0 Å². The molecule has 2 rings (SSSR count). The molecule has 0 aromatic heterocycles. The van der Waals surface area contributed by atoms with E-state index in [2.05, 4.69) is 20.5 Å². The van der Waals surface area contributed by atoms with Gasteiger partial charge in [0.15, 0.2) is 16.6 Å². The third-order valence-electron chi connectivity index (χ3n) is 2.96. The molecule has 120 valence electrons. The number of benzene rings is 1. The van der Waals surface area contributed by atoms with E-state index in [1.165, 1.54) is 12.1 Å². The van der Waals surface area contributed by atoms with Crippen molar-refractivity contribution in [2.45, 2.75) is 0 Å². The van der Waals surface area contributed by atoms with Crippen molar-refractivity contribution in [2.75, 3.05) is 0 Å². The van der Waals surface area contributed by atoms with Crippen molar-refractivity contribution in [2.24, 2.45) is 15.4 Å². The molecule has 10 nitrogen and oxygen atoms in total. The second kappa shape index (κ2) is 6.82. The highest BCUT2D eigenvalue weighted by molar-refractivity contribution is 7.91. The van der Waals surface area contributed by atoms with Crippen molar-refractivity contribution in [3.63, 3.8) is 0 Å². The summed E-state index contributed by atoms with van der Waals surface area (Å²) < 4.78 is 32.0. The molecule has 0 radical (unpaired) electrons. The van der Waals surface area contributed by atoms with Gasteiger partial charge in [-0.25, -0.2) is 0 Å². The van der Waals surface area contributed by atoms with Crippen LogP contribution in [-0.2, 0) is 10.1 Å². The van der Waals surface area contributed by atoms with E-state index in [-0.39, 0.29) is 11.1 Å². The van der Waals surface area contributed by atoms with Gasteiger partial charge in [-0.15, -0.1) is 0 Å². The Labute approximate surface area is 135 Å². The first-order valence-corrected chi connectivity index (χ1v) is 7.68. The molecule has 0 heterocycles. The summed E-state index contributed by atoms with van der Waals surface area (Å²) in [6.07, 6.45) is 1.96. The highest BCUT2D eigenvalue weighted by Crippen LogP contribution is 2.22. The molecule has 24 heavy (non-hydrogen) atoms. The van der Waals surface area contributed by atoms with Crippen molar-refractivity contribution >= 4 is 27.3 Å². The molecule has 0 spiro atoms. The van der Waals surface area contributed by atoms with Gasteiger partial charge in [0, 0.05) is 11.3 Å². The first-order chi connectivity index (χ1) is 11.4. The molecule has 1 aromatic rings. The summed E-state index contributed by atoms with van der Waals surface area (Å²) in [7, 11) is -4.76. The summed E-state index contributed by atoms with van der Waals surface area (Å²) in [5, 5.41) is 20.1. The van der Waals surface area contributed by atoms with Gasteiger partial charge >= 0.3 is 5.08 Å². The molecule has 0 fully saturated rings. The van der Waals surface area contributed by atoms with Gasteiger partial charge < -0.3 is 10.6 Å². The van der Waals surface area contributed by atoms with Crippen LogP contribution in [0, 0.1) is 5.39 Å². The van der Waals surface area contributed by atoms with Gasteiger partial charge in [-0.05, 0) is 12.2 Å². The minimum Gasteiger partial charge on any atom is -0.362 e. The van der Waals surface area contributed by atoms with Gasteiger partial charge in [-0.2, -0.15) is 8.42 Å². The van der Waals surface area contributed by atoms with Crippen LogP contribution in [-0.4, -0.2) is 30.2 Å². The lowest BCUT2D eigenvalue weighted by Gasteiger charge is -2.17. The highest BCUT2D eigenvalue weighted by Gasteiger charge is 2.32. The van der Waals surface area contributed by atoms with Crippen LogP contribution in [0.3, 0.4) is 0 Å². The molecule has 0 saturated heterocycles. The predicted molar refractivity (Wildman–Crippen MR) is 84.2 cm³/mol. The lowest BCUT2D eigenvalue weighted by molar-refractivity contribution is 0.104. The normalized spacial score (nSPS) is 17.8. The van der Waals surface area contributed by atoms with E-state index in [4.69, 9.17) is 10.9 Å². The Bertz CT molecular complexity index is 967. The fourth-order valence-electron chi connectivity index (χ4n) is 1.98. The third kappa shape index (κ3) is 3.35. The lowest BCUT2D eigenvalue weighted by Crippen LogP contribution is -2.29. The fourth-order valence-corrected chi connectivity index (χ4v) is 2.61. The summed E-state index contributed by atoms with van der Waals surface area (Å²) in [5.41, 5.74) is 7.55. The maximum absolute atomic E-state index is 12.5. The summed E-state index contributed by atoms with van der Waals surface area (Å²) in [6.45, 7) is 0. The first kappa shape index (κ1) is 17.0. The van der Waals surface area contributed by atoms with Crippen LogP contribution in [0.4, 0.5) is 0 Å². The van der Waals surface area contributed by atoms with Gasteiger partial charge in [0.1, 0.15) is 4.91 Å². The Hall–Kier alpha value is -3.36. The average Bonchev–Trinajstić information content (AvgIpc) is 2.55. The Morgan fingerprint density at radius 2 is 1.83 bits per heavy atom. The van der Waals surface area contributed by atoms with Crippen LogP contribution in [0.1, 0.15) is 10.4 Å². The van der Waals surface area contributed by atoms with Crippen molar-refractivity contribution < 1.29 is 17.8 Å². The Balaban J connectivity index is 2.69. The van der Waals surface area contributed by atoms with Crippen LogP contribution < -0.4 is 0 Å². The molecule has 1 aromatic carbocycles. The predicted octanol–water partition coefficient (Wildman–Crippen LogP) is 2.17. The molecule has 0 saturated carbocycles. The monoisotopic (exact) mass is 344 g/mol. The van der Waals surface area contributed by atoms with Gasteiger partial charge in [0.05, 0.1) is 5.57 Å². The number of Topliss-reactive ketones (excluding diaryl/α,β-unsaturated/α-hetero) is 1. The van der Waals surface area contributed by atoms with Crippen LogP contribution in [0.5, 0.6) is 0 Å². The average molecular weight is 344 g/mol. The molecule has 1 aliphatic rings. The second-order valence-corrected chi connectivity index (χ2v) is 5.75. The quantitative estimate of drug-likeness (QED) is 0.221. The maximum Gasteiger partial charge on any atom is 0.339 e. The van der Waals surface area contributed by atoms with Crippen LogP contribution >= 0.6 is 0 Å². The van der Waals surface area contributed by atoms with Gasteiger partial charge in [-0.1, -0.05) is 30.3 Å². The van der Waals surface area contributed by atoms with E-state index < -0.39 is 32.2 Å². The second-order valence-electron chi connectivity index (χ2n) is 4.36. The summed E-state index contributed by atoms with van der Waals surface area (Å²) >= 11 is 0. The number of diazo groups is 1. The highest BCUT2D eigenvalue weighted by atomic mass is 32.2. The van der Waals surface area contributed by atoms with Gasteiger partial charge in [-0.3, -0.25) is 14.6 Å². The topological polar surface area (TPSA) is 159 Å². The number of carbonyl (C=O) groups excluding carboxylic acids is 1. The number of rotatable bonds is 4. The minimum absolute atomic E-state index is 0.172. The smallest absolute Gasteiger partial charge is 0.339 e. The van der Waals surface area contributed by atoms with Crippen LogP contribution in [0.2, 0.25) is 0 Å². The number of ketones is 1. The summed E-state index contributed by atoms with van der Waals surface area (Å²) in [6, 6.07) is 7.93. The van der Waals surface area contributed by atoms with E-state index >= 15 is 0 Å². The number of carbonyl (C=O) groups is 1. The number of hydrogen-bond acceptors (Lipinski definition) is 6. The van der Waals surface area contributed by atoms with E-state index in [0.717, 1.165) is 12.2 Å². The van der Waals surface area contributed by atoms with Crippen molar-refractivity contribution in [1.29, 1.82) is 5.39 Å². The van der Waals surface area contributed by atoms with Crippen molar-refractivity contribution in [1.82, 2.24) is 0 Å². The third-order valence-corrected chi connectivity index (χ3v) is 3.85. The van der Waals surface area contributed by atoms with Crippen molar-refractivity contribution in [3.8, 4) is 0 Å². The first-order valence-electron chi connectivity index (χ1n) is 6.24. The maximum atomic E-state index is 12.5. The van der Waals surface area contributed by atoms with E-state index in [0.29, 0.717) is 0 Å². The zero-order valence-corrected chi connectivity index (χ0v) is 12.6.